The summed E-state index contributed by atoms with van der Waals surface area (Å²) < 4.78 is 68.2. The van der Waals surface area contributed by atoms with Gasteiger partial charge in [0.1, 0.15) is 19.3 Å². The van der Waals surface area contributed by atoms with E-state index in [-0.39, 0.29) is 25.7 Å². The number of phosphoric acid groups is 2. The largest absolute Gasteiger partial charge is 0.472 e. The highest BCUT2D eigenvalue weighted by Gasteiger charge is 2.30. The van der Waals surface area contributed by atoms with Gasteiger partial charge in [0, 0.05) is 25.7 Å². The quantitative estimate of drug-likeness (QED) is 0.0222. The molecule has 19 heteroatoms. The van der Waals surface area contributed by atoms with Crippen LogP contribution in [0.15, 0.2) is 0 Å². The molecule has 0 aliphatic heterocycles. The number of aliphatic hydroxyl groups is 1. The first kappa shape index (κ1) is 86.1. The predicted octanol–water partition coefficient (Wildman–Crippen LogP) is 19.5. The number of ether oxygens (including phenoxy) is 4. The lowest BCUT2D eigenvalue weighted by Gasteiger charge is -2.21. The molecule has 8 atom stereocenters. The molecule has 0 aromatic carbocycles. The second kappa shape index (κ2) is 60.0. The molecule has 0 bridgehead atoms. The number of aliphatic hydroxyl groups excluding tert-OH is 1. The van der Waals surface area contributed by atoms with Crippen molar-refractivity contribution >= 4 is 39.5 Å². The van der Waals surface area contributed by atoms with E-state index >= 15 is 0 Å². The van der Waals surface area contributed by atoms with Crippen LogP contribution >= 0.6 is 15.6 Å². The van der Waals surface area contributed by atoms with Crippen molar-refractivity contribution in [2.24, 2.45) is 17.8 Å². The van der Waals surface area contributed by atoms with Gasteiger partial charge in [-0.05, 0) is 43.4 Å². The molecular weight excluding hydrogens is 1160 g/mol. The fraction of sp³-hybridized carbons (Fsp3) is 0.942. The number of hydrogen-bond acceptors (Lipinski definition) is 15. The highest BCUT2D eigenvalue weighted by atomic mass is 31.2. The van der Waals surface area contributed by atoms with Crippen molar-refractivity contribution in [1.82, 2.24) is 0 Å². The van der Waals surface area contributed by atoms with Gasteiger partial charge in [0.2, 0.25) is 0 Å². The van der Waals surface area contributed by atoms with Gasteiger partial charge in [-0.3, -0.25) is 37.3 Å². The van der Waals surface area contributed by atoms with Crippen molar-refractivity contribution in [3.8, 4) is 0 Å². The van der Waals surface area contributed by atoms with Crippen LogP contribution < -0.4 is 0 Å². The lowest BCUT2D eigenvalue weighted by atomic mass is 9.99. The second-order valence-corrected chi connectivity index (χ2v) is 28.6. The smallest absolute Gasteiger partial charge is 0.462 e. The highest BCUT2D eigenvalue weighted by molar-refractivity contribution is 7.47. The SMILES string of the molecule is CCCCCCCCCCCCCCCCCCC(=O)O[C@H](COC(=O)CCCCCCCCCCC(C)CC)COP(=O)(O)OC[C@@H](O)COP(=O)(O)OC[C@@H](COC(=O)CCCCCCCCC(C)CC)OC(=O)CCCCCCCCC(C)CC. The van der Waals surface area contributed by atoms with Crippen LogP contribution in [0.3, 0.4) is 0 Å². The van der Waals surface area contributed by atoms with Gasteiger partial charge in [-0.2, -0.15) is 0 Å². The molecule has 0 radical (unpaired) electrons. The lowest BCUT2D eigenvalue weighted by Crippen LogP contribution is -2.30. The number of esters is 4. The van der Waals surface area contributed by atoms with Crippen LogP contribution in [0.25, 0.3) is 0 Å². The Morgan fingerprint density at radius 2 is 0.545 bits per heavy atom. The summed E-state index contributed by atoms with van der Waals surface area (Å²) >= 11 is 0. The van der Waals surface area contributed by atoms with Gasteiger partial charge < -0.3 is 33.8 Å². The number of phosphoric ester groups is 2. The molecule has 0 fully saturated rings. The van der Waals surface area contributed by atoms with Crippen LogP contribution in [-0.4, -0.2) is 96.7 Å². The Hall–Kier alpha value is -1.94. The molecule has 0 aromatic heterocycles. The maximum absolute atomic E-state index is 13.0. The molecule has 0 spiro atoms. The number of hydrogen-bond donors (Lipinski definition) is 3. The zero-order chi connectivity index (χ0) is 65.2. The predicted molar refractivity (Wildman–Crippen MR) is 354 cm³/mol. The summed E-state index contributed by atoms with van der Waals surface area (Å²) in [5.74, 6) is 0.0971. The van der Waals surface area contributed by atoms with E-state index in [1.165, 1.54) is 148 Å². The number of rotatable bonds is 67. The maximum Gasteiger partial charge on any atom is 0.472 e. The van der Waals surface area contributed by atoms with Gasteiger partial charge in [-0.15, -0.1) is 0 Å². The zero-order valence-electron chi connectivity index (χ0n) is 57.2. The van der Waals surface area contributed by atoms with E-state index < -0.39 is 97.5 Å². The number of unbranched alkanes of at least 4 members (excludes halogenated alkanes) is 32. The first-order valence-electron chi connectivity index (χ1n) is 36.0. The van der Waals surface area contributed by atoms with Crippen LogP contribution in [0.2, 0.25) is 0 Å². The van der Waals surface area contributed by atoms with E-state index in [4.69, 9.17) is 37.0 Å². The van der Waals surface area contributed by atoms with Crippen molar-refractivity contribution in [2.75, 3.05) is 39.6 Å². The molecule has 0 amide bonds. The number of carbonyl (C=O) groups excluding carboxylic acids is 4. The molecule has 0 rings (SSSR count). The molecular formula is C69H134O17P2. The van der Waals surface area contributed by atoms with Gasteiger partial charge in [0.25, 0.3) is 0 Å². The maximum atomic E-state index is 13.0. The van der Waals surface area contributed by atoms with Gasteiger partial charge in [-0.1, -0.05) is 292 Å². The minimum atomic E-state index is -4.95. The molecule has 3 N–H and O–H groups in total. The van der Waals surface area contributed by atoms with E-state index in [9.17, 15) is 43.2 Å². The lowest BCUT2D eigenvalue weighted by molar-refractivity contribution is -0.161. The summed E-state index contributed by atoms with van der Waals surface area (Å²) in [6, 6.07) is 0. The third-order valence-corrected chi connectivity index (χ3v) is 18.9. The fourth-order valence-corrected chi connectivity index (χ4v) is 11.8. The molecule has 17 nitrogen and oxygen atoms in total. The zero-order valence-corrected chi connectivity index (χ0v) is 59.0. The first-order valence-corrected chi connectivity index (χ1v) is 39.0. The second-order valence-electron chi connectivity index (χ2n) is 25.6. The van der Waals surface area contributed by atoms with Crippen LogP contribution in [0.5, 0.6) is 0 Å². The molecule has 0 saturated heterocycles. The molecule has 0 aromatic rings. The van der Waals surface area contributed by atoms with Crippen molar-refractivity contribution in [3.63, 3.8) is 0 Å². The summed E-state index contributed by atoms with van der Waals surface area (Å²) in [7, 11) is -9.90. The van der Waals surface area contributed by atoms with Crippen LogP contribution in [0.1, 0.15) is 344 Å². The van der Waals surface area contributed by atoms with E-state index in [0.717, 1.165) is 114 Å². The topological polar surface area (TPSA) is 237 Å². The van der Waals surface area contributed by atoms with Crippen molar-refractivity contribution in [3.05, 3.63) is 0 Å². The minimum Gasteiger partial charge on any atom is -0.462 e. The Labute approximate surface area is 537 Å². The Balaban J connectivity index is 5.25. The Kier molecular flexibility index (Phi) is 58.7. The van der Waals surface area contributed by atoms with Crippen molar-refractivity contribution in [1.29, 1.82) is 0 Å². The Bertz CT molecular complexity index is 1740. The van der Waals surface area contributed by atoms with E-state index in [2.05, 4.69) is 48.5 Å². The van der Waals surface area contributed by atoms with Gasteiger partial charge in [0.15, 0.2) is 12.2 Å². The van der Waals surface area contributed by atoms with E-state index in [0.29, 0.717) is 25.7 Å². The summed E-state index contributed by atoms with van der Waals surface area (Å²) in [5.41, 5.74) is 0. The van der Waals surface area contributed by atoms with Crippen molar-refractivity contribution in [2.45, 2.75) is 362 Å². The molecule has 522 valence electrons. The van der Waals surface area contributed by atoms with Crippen LogP contribution in [-0.2, 0) is 65.4 Å². The normalized spacial score (nSPS) is 15.2. The summed E-state index contributed by atoms with van der Waals surface area (Å²) in [6.07, 6.45) is 43.1. The van der Waals surface area contributed by atoms with E-state index in [1.54, 1.807) is 0 Å². The standard InChI is InChI=1S/C69H134O17P2/c1-8-12-13-14-15-16-17-18-19-20-21-22-23-28-38-45-52-68(73)85-64(56-79-66(71)50-43-36-27-25-24-26-33-40-47-60(5)9-2)58-83-87(75,76)81-54-63(70)55-82-88(77,78)84-59-65(86-69(74)53-46-39-32-30-35-42-49-62(7)11-4)57-80-67(72)51-44-37-31-29-34-41-48-61(6)10-3/h60-65,70H,8-59H2,1-7H3,(H,75,76)(H,77,78)/t60?,61?,62?,63-,64-,65-/m1/s1. The van der Waals surface area contributed by atoms with Crippen molar-refractivity contribution < 1.29 is 80.2 Å². The third kappa shape index (κ3) is 59.1. The molecule has 0 saturated carbocycles. The number of carbonyl (C=O) groups is 4. The van der Waals surface area contributed by atoms with Gasteiger partial charge in [-0.25, -0.2) is 9.13 Å². The summed E-state index contributed by atoms with van der Waals surface area (Å²) in [5, 5.41) is 10.6. The van der Waals surface area contributed by atoms with Crippen LogP contribution in [0, 0.1) is 17.8 Å². The van der Waals surface area contributed by atoms with Gasteiger partial charge in [0.05, 0.1) is 26.4 Å². The monoisotopic (exact) mass is 1300 g/mol. The van der Waals surface area contributed by atoms with E-state index in [1.807, 2.05) is 0 Å². The molecule has 0 aliphatic carbocycles. The van der Waals surface area contributed by atoms with Crippen LogP contribution in [0.4, 0.5) is 0 Å². The summed E-state index contributed by atoms with van der Waals surface area (Å²) in [4.78, 5) is 72.5. The highest BCUT2D eigenvalue weighted by Crippen LogP contribution is 2.45. The minimum absolute atomic E-state index is 0.102. The summed E-state index contributed by atoms with van der Waals surface area (Å²) in [6.45, 7) is 11.8. The first-order chi connectivity index (χ1) is 42.3. The molecule has 0 aliphatic rings. The average Bonchev–Trinajstić information content (AvgIpc) is 3.62. The third-order valence-electron chi connectivity index (χ3n) is 17.0. The Morgan fingerprint density at radius 1 is 0.318 bits per heavy atom. The average molecular weight is 1300 g/mol. The molecule has 0 heterocycles. The van der Waals surface area contributed by atoms with Gasteiger partial charge >= 0.3 is 39.5 Å². The fourth-order valence-electron chi connectivity index (χ4n) is 10.3. The molecule has 88 heavy (non-hydrogen) atoms. The Morgan fingerprint density at radius 3 is 0.807 bits per heavy atom. The molecule has 5 unspecified atom stereocenters.